The summed E-state index contributed by atoms with van der Waals surface area (Å²) < 4.78 is 27.5. The Balaban J connectivity index is 1.94. The lowest BCUT2D eigenvalue weighted by atomic mass is 9.79. The third kappa shape index (κ3) is 2.76. The van der Waals surface area contributed by atoms with E-state index >= 15 is 0 Å². The number of nitrogen functional groups attached to an aromatic ring is 1. The Bertz CT molecular complexity index is 633. The van der Waals surface area contributed by atoms with Gasteiger partial charge in [0.2, 0.25) is 10.0 Å². The fourth-order valence-corrected chi connectivity index (χ4v) is 5.54. The van der Waals surface area contributed by atoms with Crippen LogP contribution in [0.15, 0.2) is 17.2 Å². The predicted octanol–water partition coefficient (Wildman–Crippen LogP) is 2.66. The van der Waals surface area contributed by atoms with Crippen LogP contribution in [0.25, 0.3) is 0 Å². The largest absolute Gasteiger partial charge is 0.382 e. The monoisotopic (exact) mass is 329 g/mol. The number of fused-ring (bicyclic) bond motifs is 1. The van der Waals surface area contributed by atoms with Crippen molar-refractivity contribution in [3.05, 3.63) is 17.3 Å². The van der Waals surface area contributed by atoms with Crippen molar-refractivity contribution in [3.8, 4) is 0 Å². The molecule has 116 valence electrons. The minimum atomic E-state index is -3.54. The zero-order valence-electron chi connectivity index (χ0n) is 11.8. The Morgan fingerprint density at radius 1 is 1.24 bits per heavy atom. The Labute approximate surface area is 130 Å². The molecule has 1 aliphatic heterocycles. The van der Waals surface area contributed by atoms with Crippen LogP contribution < -0.4 is 5.73 Å². The van der Waals surface area contributed by atoms with E-state index in [-0.39, 0.29) is 21.8 Å². The number of piperidine rings is 1. The molecule has 1 saturated heterocycles. The fourth-order valence-electron chi connectivity index (χ4n) is 3.58. The van der Waals surface area contributed by atoms with Gasteiger partial charge in [-0.15, -0.1) is 0 Å². The number of rotatable bonds is 2. The lowest BCUT2D eigenvalue weighted by Crippen LogP contribution is -2.49. The van der Waals surface area contributed by atoms with Crippen LogP contribution in [0.4, 0.5) is 5.82 Å². The predicted molar refractivity (Wildman–Crippen MR) is 82.5 cm³/mol. The van der Waals surface area contributed by atoms with E-state index in [9.17, 15) is 8.42 Å². The molecule has 5 nitrogen and oxygen atoms in total. The average molecular weight is 330 g/mol. The minimum Gasteiger partial charge on any atom is -0.382 e. The van der Waals surface area contributed by atoms with Gasteiger partial charge < -0.3 is 5.73 Å². The van der Waals surface area contributed by atoms with E-state index in [0.29, 0.717) is 12.5 Å². The lowest BCUT2D eigenvalue weighted by molar-refractivity contribution is 0.129. The van der Waals surface area contributed by atoms with Gasteiger partial charge in [0, 0.05) is 18.8 Å². The molecule has 21 heavy (non-hydrogen) atoms. The molecule has 0 bridgehead atoms. The summed E-state index contributed by atoms with van der Waals surface area (Å²) in [6.45, 7) is 0.589. The minimum absolute atomic E-state index is 0.133. The highest BCUT2D eigenvalue weighted by Crippen LogP contribution is 2.38. The van der Waals surface area contributed by atoms with Crippen molar-refractivity contribution in [1.82, 2.24) is 9.29 Å². The average Bonchev–Trinajstić information content (AvgIpc) is 2.49. The number of pyridine rings is 1. The number of nitrogens with zero attached hydrogens (tertiary/aromatic N) is 2. The van der Waals surface area contributed by atoms with Gasteiger partial charge in [0.15, 0.2) is 0 Å². The van der Waals surface area contributed by atoms with Gasteiger partial charge in [-0.25, -0.2) is 13.4 Å². The maximum atomic E-state index is 12.9. The quantitative estimate of drug-likeness (QED) is 0.905. The maximum Gasteiger partial charge on any atom is 0.244 e. The van der Waals surface area contributed by atoms with Crippen molar-refractivity contribution >= 4 is 27.4 Å². The third-order valence-corrected chi connectivity index (χ3v) is 6.84. The summed E-state index contributed by atoms with van der Waals surface area (Å²) in [5.41, 5.74) is 5.57. The zero-order valence-corrected chi connectivity index (χ0v) is 13.4. The van der Waals surface area contributed by atoms with Gasteiger partial charge in [0.1, 0.15) is 10.7 Å². The second-order valence-electron chi connectivity index (χ2n) is 5.91. The van der Waals surface area contributed by atoms with Gasteiger partial charge in [0.05, 0.1) is 5.02 Å². The summed E-state index contributed by atoms with van der Waals surface area (Å²) in [5.74, 6) is 0.657. The first kappa shape index (κ1) is 15.1. The summed E-state index contributed by atoms with van der Waals surface area (Å²) in [6.07, 6.45) is 7.78. The van der Waals surface area contributed by atoms with E-state index in [0.717, 1.165) is 32.1 Å². The molecule has 1 aromatic rings. The van der Waals surface area contributed by atoms with Gasteiger partial charge in [-0.3, -0.25) is 0 Å². The first-order valence-corrected chi connectivity index (χ1v) is 9.25. The molecule has 7 heteroatoms. The van der Waals surface area contributed by atoms with E-state index in [1.165, 1.54) is 18.7 Å². The molecule has 0 radical (unpaired) electrons. The molecular formula is C14H20ClN3O2S. The molecule has 2 heterocycles. The number of hydrogen-bond acceptors (Lipinski definition) is 4. The fraction of sp³-hybridized carbons (Fsp3) is 0.643. The second-order valence-corrected chi connectivity index (χ2v) is 8.21. The maximum absolute atomic E-state index is 12.9. The zero-order chi connectivity index (χ0) is 15.0. The van der Waals surface area contributed by atoms with Crippen LogP contribution in [0, 0.1) is 5.92 Å². The molecule has 1 saturated carbocycles. The van der Waals surface area contributed by atoms with Crippen molar-refractivity contribution < 1.29 is 8.42 Å². The lowest BCUT2D eigenvalue weighted by Gasteiger charge is -2.43. The van der Waals surface area contributed by atoms with E-state index in [1.54, 1.807) is 4.31 Å². The normalized spacial score (nSPS) is 27.3. The smallest absolute Gasteiger partial charge is 0.244 e. The molecule has 0 aromatic carbocycles. The molecule has 2 unspecified atom stereocenters. The summed E-state index contributed by atoms with van der Waals surface area (Å²) in [5, 5.41) is 0.188. The highest BCUT2D eigenvalue weighted by molar-refractivity contribution is 7.89. The Morgan fingerprint density at radius 2 is 1.95 bits per heavy atom. The highest BCUT2D eigenvalue weighted by atomic mass is 35.5. The summed E-state index contributed by atoms with van der Waals surface area (Å²) in [4.78, 5) is 4.03. The van der Waals surface area contributed by atoms with Crippen LogP contribution in [-0.2, 0) is 10.0 Å². The van der Waals surface area contributed by atoms with Crippen molar-refractivity contribution in [2.24, 2.45) is 5.92 Å². The number of aromatic nitrogens is 1. The summed E-state index contributed by atoms with van der Waals surface area (Å²) in [6, 6.07) is 1.54. The van der Waals surface area contributed by atoms with Crippen LogP contribution >= 0.6 is 11.6 Å². The van der Waals surface area contributed by atoms with Crippen LogP contribution in [-0.4, -0.2) is 30.3 Å². The van der Waals surface area contributed by atoms with Crippen LogP contribution in [0.2, 0.25) is 5.02 Å². The molecule has 2 aliphatic rings. The van der Waals surface area contributed by atoms with Gasteiger partial charge in [-0.05, 0) is 37.7 Å². The van der Waals surface area contributed by atoms with E-state index in [2.05, 4.69) is 4.98 Å². The van der Waals surface area contributed by atoms with E-state index in [4.69, 9.17) is 17.3 Å². The van der Waals surface area contributed by atoms with Gasteiger partial charge in [-0.2, -0.15) is 4.31 Å². The molecule has 0 spiro atoms. The highest BCUT2D eigenvalue weighted by Gasteiger charge is 2.40. The number of nitrogens with two attached hydrogens (primary N) is 1. The topological polar surface area (TPSA) is 76.3 Å². The number of hydrogen-bond donors (Lipinski definition) is 1. The Morgan fingerprint density at radius 3 is 2.71 bits per heavy atom. The molecule has 1 aromatic heterocycles. The van der Waals surface area contributed by atoms with Crippen molar-refractivity contribution in [2.45, 2.75) is 49.5 Å². The van der Waals surface area contributed by atoms with Crippen molar-refractivity contribution in [1.29, 1.82) is 0 Å². The molecule has 1 aliphatic carbocycles. The number of sulfonamides is 1. The van der Waals surface area contributed by atoms with E-state index in [1.807, 2.05) is 0 Å². The molecule has 2 fully saturated rings. The Hall–Kier alpha value is -0.850. The molecule has 2 N–H and O–H groups in total. The van der Waals surface area contributed by atoms with Crippen LogP contribution in [0.1, 0.15) is 38.5 Å². The first-order valence-electron chi connectivity index (χ1n) is 7.43. The molecule has 3 rings (SSSR count). The number of halogens is 1. The van der Waals surface area contributed by atoms with Crippen LogP contribution in [0.5, 0.6) is 0 Å². The second kappa shape index (κ2) is 5.74. The van der Waals surface area contributed by atoms with Crippen molar-refractivity contribution in [2.75, 3.05) is 12.3 Å². The standard InChI is InChI=1S/C14H20ClN3O2S/c15-12-8-11(9-17-14(12)16)21(19,20)18-7-3-5-10-4-1-2-6-13(10)18/h8-10,13H,1-7H2,(H2,16,17). The summed E-state index contributed by atoms with van der Waals surface area (Å²) >= 11 is 5.93. The van der Waals surface area contributed by atoms with Crippen molar-refractivity contribution in [3.63, 3.8) is 0 Å². The SMILES string of the molecule is Nc1ncc(S(=O)(=O)N2CCCC3CCCCC32)cc1Cl. The van der Waals surface area contributed by atoms with Gasteiger partial charge in [-0.1, -0.05) is 24.4 Å². The third-order valence-electron chi connectivity index (χ3n) is 4.64. The van der Waals surface area contributed by atoms with Gasteiger partial charge in [0.25, 0.3) is 0 Å². The molecule has 2 atom stereocenters. The van der Waals surface area contributed by atoms with Gasteiger partial charge >= 0.3 is 0 Å². The van der Waals surface area contributed by atoms with Crippen LogP contribution in [0.3, 0.4) is 0 Å². The Kier molecular flexibility index (Phi) is 4.12. The number of anilines is 1. The summed E-state index contributed by atoms with van der Waals surface area (Å²) in [7, 11) is -3.54. The molecular weight excluding hydrogens is 310 g/mol. The molecule has 0 amide bonds. The first-order chi connectivity index (χ1) is 10.00. The van der Waals surface area contributed by atoms with E-state index < -0.39 is 10.0 Å².